The van der Waals surface area contributed by atoms with E-state index in [1.54, 1.807) is 12.1 Å². The molecule has 0 unspecified atom stereocenters. The first-order chi connectivity index (χ1) is 14.9. The molecule has 31 heavy (non-hydrogen) atoms. The van der Waals surface area contributed by atoms with Crippen LogP contribution >= 0.6 is 0 Å². The van der Waals surface area contributed by atoms with E-state index < -0.39 is 10.0 Å². The van der Waals surface area contributed by atoms with E-state index >= 15 is 0 Å². The van der Waals surface area contributed by atoms with Gasteiger partial charge in [0.25, 0.3) is 0 Å². The average Bonchev–Trinajstić information content (AvgIpc) is 3.12. The Bertz CT molecular complexity index is 1160. The van der Waals surface area contributed by atoms with Crippen LogP contribution in [0.1, 0.15) is 49.4 Å². The van der Waals surface area contributed by atoms with Crippen LogP contribution in [0.5, 0.6) is 0 Å². The van der Waals surface area contributed by atoms with E-state index in [0.29, 0.717) is 30.0 Å². The third-order valence-corrected chi connectivity index (χ3v) is 6.84. The Kier molecular flexibility index (Phi) is 7.10. The van der Waals surface area contributed by atoms with Gasteiger partial charge in [0, 0.05) is 6.54 Å². The van der Waals surface area contributed by atoms with Gasteiger partial charge in [0.05, 0.1) is 16.3 Å². The van der Waals surface area contributed by atoms with Crippen molar-refractivity contribution in [3.63, 3.8) is 0 Å². The molecule has 0 bridgehead atoms. The summed E-state index contributed by atoms with van der Waals surface area (Å²) in [4.78, 5) is 0.245. The van der Waals surface area contributed by atoms with Crippen molar-refractivity contribution < 1.29 is 8.42 Å². The van der Waals surface area contributed by atoms with Gasteiger partial charge in [0.2, 0.25) is 10.0 Å². The summed E-state index contributed by atoms with van der Waals surface area (Å²) in [7, 11) is -3.59. The number of benzene rings is 2. The van der Waals surface area contributed by atoms with E-state index in [2.05, 4.69) is 29.7 Å². The average molecular weight is 438 g/mol. The van der Waals surface area contributed by atoms with Crippen LogP contribution in [0.3, 0.4) is 0 Å². The van der Waals surface area contributed by atoms with Crippen LogP contribution in [0.4, 0.5) is 5.82 Å². The molecule has 0 aliphatic carbocycles. The Balaban J connectivity index is 1.63. The van der Waals surface area contributed by atoms with Gasteiger partial charge in [-0.15, -0.1) is 0 Å². The molecule has 162 valence electrons. The van der Waals surface area contributed by atoms with Crippen LogP contribution in [-0.4, -0.2) is 24.7 Å². The Labute approximate surface area is 183 Å². The molecule has 0 fully saturated rings. The van der Waals surface area contributed by atoms with Crippen LogP contribution in [0.15, 0.2) is 59.5 Å². The number of nitrogens with zero attached hydrogens (tertiary/aromatic N) is 3. The molecule has 8 heteroatoms. The van der Waals surface area contributed by atoms with Gasteiger partial charge in [-0.2, -0.15) is 10.4 Å². The standard InChI is InChI=1S/C23H27N5O2S/c1-3-17(2)18-11-13-20(14-12-18)31(29,30)26-15-7-10-22-21(16-24)23(25)28(27-22)19-8-5-4-6-9-19/h4-6,8-9,11-14,17,26H,3,7,10,15,25H2,1-2H3/t17-/m1/s1. The number of nitrogen functional groups attached to an aromatic ring is 1. The number of sulfonamides is 1. The number of hydrogen-bond acceptors (Lipinski definition) is 5. The van der Waals surface area contributed by atoms with E-state index in [9.17, 15) is 13.7 Å². The molecular formula is C23H27N5O2S. The number of nitriles is 1. The van der Waals surface area contributed by atoms with Crippen molar-refractivity contribution >= 4 is 15.8 Å². The highest BCUT2D eigenvalue weighted by Crippen LogP contribution is 2.22. The molecule has 1 heterocycles. The number of hydrogen-bond donors (Lipinski definition) is 2. The lowest BCUT2D eigenvalue weighted by atomic mass is 9.99. The highest BCUT2D eigenvalue weighted by atomic mass is 32.2. The van der Waals surface area contributed by atoms with Crippen molar-refractivity contribution in [2.75, 3.05) is 12.3 Å². The Morgan fingerprint density at radius 3 is 2.45 bits per heavy atom. The summed E-state index contributed by atoms with van der Waals surface area (Å²) in [5.74, 6) is 0.674. The normalized spacial score (nSPS) is 12.4. The zero-order valence-electron chi connectivity index (χ0n) is 17.7. The van der Waals surface area contributed by atoms with Gasteiger partial charge in [-0.25, -0.2) is 17.8 Å². The van der Waals surface area contributed by atoms with Crippen molar-refractivity contribution in [3.8, 4) is 11.8 Å². The predicted octanol–water partition coefficient (Wildman–Crippen LogP) is 3.75. The molecule has 3 aromatic rings. The minimum Gasteiger partial charge on any atom is -0.382 e. The molecule has 2 aromatic carbocycles. The zero-order chi connectivity index (χ0) is 22.4. The van der Waals surface area contributed by atoms with Gasteiger partial charge in [0.1, 0.15) is 17.5 Å². The van der Waals surface area contributed by atoms with E-state index in [1.807, 2.05) is 42.5 Å². The molecule has 0 radical (unpaired) electrons. The molecule has 3 rings (SSSR count). The van der Waals surface area contributed by atoms with Crippen molar-refractivity contribution in [2.24, 2.45) is 0 Å². The minimum absolute atomic E-state index is 0.235. The fourth-order valence-corrected chi connectivity index (χ4v) is 4.37. The first-order valence-electron chi connectivity index (χ1n) is 10.3. The number of nitrogens with one attached hydrogen (secondary N) is 1. The molecule has 3 N–H and O–H groups in total. The maximum atomic E-state index is 12.6. The van der Waals surface area contributed by atoms with Gasteiger partial charge >= 0.3 is 0 Å². The summed E-state index contributed by atoms with van der Waals surface area (Å²) in [5.41, 5.74) is 8.88. The second-order valence-electron chi connectivity index (χ2n) is 7.45. The smallest absolute Gasteiger partial charge is 0.240 e. The van der Waals surface area contributed by atoms with Crippen molar-refractivity contribution in [2.45, 2.75) is 43.9 Å². The summed E-state index contributed by atoms with van der Waals surface area (Å²) in [6.07, 6.45) is 1.92. The van der Waals surface area contributed by atoms with Crippen molar-refractivity contribution in [3.05, 3.63) is 71.4 Å². The molecule has 1 atom stereocenters. The Hall–Kier alpha value is -3.15. The van der Waals surface area contributed by atoms with E-state index in [1.165, 1.54) is 4.68 Å². The topological polar surface area (TPSA) is 114 Å². The second-order valence-corrected chi connectivity index (χ2v) is 9.21. The van der Waals surface area contributed by atoms with Crippen LogP contribution in [0.25, 0.3) is 5.69 Å². The monoisotopic (exact) mass is 437 g/mol. The van der Waals surface area contributed by atoms with Crippen LogP contribution < -0.4 is 10.5 Å². The van der Waals surface area contributed by atoms with Gasteiger partial charge in [-0.05, 0) is 55.0 Å². The van der Waals surface area contributed by atoms with Crippen LogP contribution in [0, 0.1) is 11.3 Å². The minimum atomic E-state index is -3.59. The number of aryl methyl sites for hydroxylation is 1. The SMILES string of the molecule is CC[C@@H](C)c1ccc(S(=O)(=O)NCCCc2nn(-c3ccccc3)c(N)c2C#N)cc1. The maximum Gasteiger partial charge on any atom is 0.240 e. The summed E-state index contributed by atoms with van der Waals surface area (Å²) < 4.78 is 29.3. The van der Waals surface area contributed by atoms with Gasteiger partial charge < -0.3 is 5.73 Å². The predicted molar refractivity (Wildman–Crippen MR) is 121 cm³/mol. The Morgan fingerprint density at radius 2 is 1.84 bits per heavy atom. The first kappa shape index (κ1) is 22.5. The lowest BCUT2D eigenvalue weighted by Gasteiger charge is -2.10. The zero-order valence-corrected chi connectivity index (χ0v) is 18.6. The molecule has 0 spiro atoms. The highest BCUT2D eigenvalue weighted by molar-refractivity contribution is 7.89. The molecule has 1 aromatic heterocycles. The molecule has 7 nitrogen and oxygen atoms in total. The number of rotatable bonds is 9. The highest BCUT2D eigenvalue weighted by Gasteiger charge is 2.17. The number of para-hydroxylation sites is 1. The number of anilines is 1. The summed E-state index contributed by atoms with van der Waals surface area (Å²) in [6.45, 7) is 4.45. The van der Waals surface area contributed by atoms with E-state index in [4.69, 9.17) is 5.73 Å². The van der Waals surface area contributed by atoms with E-state index in [-0.39, 0.29) is 17.3 Å². The van der Waals surface area contributed by atoms with Crippen molar-refractivity contribution in [1.29, 1.82) is 5.26 Å². The molecule has 0 amide bonds. The largest absolute Gasteiger partial charge is 0.382 e. The number of aromatic nitrogens is 2. The molecule has 0 aliphatic rings. The van der Waals surface area contributed by atoms with Gasteiger partial charge in [-0.1, -0.05) is 44.2 Å². The maximum absolute atomic E-state index is 12.6. The van der Waals surface area contributed by atoms with Crippen LogP contribution in [-0.2, 0) is 16.4 Å². The summed E-state index contributed by atoms with van der Waals surface area (Å²) in [5, 5.41) is 13.9. The molecular weight excluding hydrogens is 410 g/mol. The first-order valence-corrected chi connectivity index (χ1v) is 11.8. The lowest BCUT2D eigenvalue weighted by Crippen LogP contribution is -2.25. The summed E-state index contributed by atoms with van der Waals surface area (Å²) >= 11 is 0. The van der Waals surface area contributed by atoms with Crippen molar-refractivity contribution in [1.82, 2.24) is 14.5 Å². The number of nitrogens with two attached hydrogens (primary N) is 1. The molecule has 0 saturated carbocycles. The van der Waals surface area contributed by atoms with Crippen LogP contribution in [0.2, 0.25) is 0 Å². The Morgan fingerprint density at radius 1 is 1.16 bits per heavy atom. The second kappa shape index (κ2) is 9.77. The molecule has 0 aliphatic heterocycles. The fourth-order valence-electron chi connectivity index (χ4n) is 3.30. The van der Waals surface area contributed by atoms with Gasteiger partial charge in [0.15, 0.2) is 0 Å². The van der Waals surface area contributed by atoms with Gasteiger partial charge in [-0.3, -0.25) is 0 Å². The lowest BCUT2D eigenvalue weighted by molar-refractivity contribution is 0.578. The third-order valence-electron chi connectivity index (χ3n) is 5.36. The molecule has 0 saturated heterocycles. The fraction of sp³-hybridized carbons (Fsp3) is 0.304. The third kappa shape index (κ3) is 5.13. The quantitative estimate of drug-likeness (QED) is 0.495. The van der Waals surface area contributed by atoms with E-state index in [0.717, 1.165) is 17.7 Å². The summed E-state index contributed by atoms with van der Waals surface area (Å²) in [6, 6.07) is 18.4.